The summed E-state index contributed by atoms with van der Waals surface area (Å²) in [4.78, 5) is 15.2. The molecule has 0 aromatic heterocycles. The first-order valence-corrected chi connectivity index (χ1v) is 11.3. The molecule has 7 heteroatoms. The molecule has 4 rings (SSSR count). The number of benzene rings is 2. The average molecular weight is 457 g/mol. The van der Waals surface area contributed by atoms with E-state index in [1.807, 2.05) is 35.2 Å². The Morgan fingerprint density at radius 1 is 1.00 bits per heavy atom. The molecule has 0 aliphatic heterocycles. The average Bonchev–Trinajstić information content (AvgIpc) is 3.65. The number of halogens is 3. The Bertz CT molecular complexity index is 1030. The summed E-state index contributed by atoms with van der Waals surface area (Å²) >= 11 is 0. The van der Waals surface area contributed by atoms with Gasteiger partial charge in [-0.3, -0.25) is 4.79 Å². The molecule has 1 atom stereocenters. The van der Waals surface area contributed by atoms with E-state index in [0.29, 0.717) is 38.2 Å². The maximum absolute atomic E-state index is 13.4. The second kappa shape index (κ2) is 8.49. The molecule has 0 saturated heterocycles. The Balaban J connectivity index is 1.51. The van der Waals surface area contributed by atoms with Gasteiger partial charge in [0.15, 0.2) is 5.60 Å². The third-order valence-electron chi connectivity index (χ3n) is 7.16. The predicted molar refractivity (Wildman–Crippen MR) is 117 cm³/mol. The zero-order chi connectivity index (χ0) is 23.9. The number of nitriles is 1. The second-order valence-electron chi connectivity index (χ2n) is 9.38. The number of rotatable bonds is 5. The van der Waals surface area contributed by atoms with Crippen LogP contribution in [0.1, 0.15) is 66.9 Å². The first-order chi connectivity index (χ1) is 15.6. The summed E-state index contributed by atoms with van der Waals surface area (Å²) in [5.74, 6) is -0.204. The Kier molecular flexibility index (Phi) is 6.00. The smallest absolute Gasteiger partial charge is 0.376 e. The lowest BCUT2D eigenvalue weighted by molar-refractivity contribution is -0.258. The van der Waals surface area contributed by atoms with Gasteiger partial charge in [-0.05, 0) is 68.7 Å². The standard InChI is InChI=1S/C26H27F3N2O2/c1-24(33,26(27,28)29)19-9-7-18(8-10-19)23(32)31(21-11-12-21)22-13-15-25(17-30,16-14-22)20-5-3-2-4-6-20/h2-10,21-22,33H,11-16H2,1H3/t22-,24-,25-/m0/s1. The molecule has 0 spiro atoms. The van der Waals surface area contributed by atoms with Gasteiger partial charge in [-0.2, -0.15) is 18.4 Å². The Morgan fingerprint density at radius 2 is 1.55 bits per heavy atom. The van der Waals surface area contributed by atoms with Crippen molar-refractivity contribution < 1.29 is 23.1 Å². The topological polar surface area (TPSA) is 64.3 Å². The van der Waals surface area contributed by atoms with E-state index in [2.05, 4.69) is 6.07 Å². The molecular weight excluding hydrogens is 429 g/mol. The van der Waals surface area contributed by atoms with Crippen molar-refractivity contribution in [1.82, 2.24) is 4.90 Å². The molecule has 1 amide bonds. The molecular formula is C26H27F3N2O2. The van der Waals surface area contributed by atoms with Crippen molar-refractivity contribution in [2.45, 2.75) is 74.7 Å². The fourth-order valence-electron chi connectivity index (χ4n) is 4.83. The predicted octanol–water partition coefficient (Wildman–Crippen LogP) is 5.47. The SMILES string of the molecule is C[C@](O)(c1ccc(C(=O)N(C2CC2)[C@H]2CC[C@](C#N)(c3ccccc3)CC2)cc1)C(F)(F)F. The highest BCUT2D eigenvalue weighted by molar-refractivity contribution is 5.95. The van der Waals surface area contributed by atoms with Crippen LogP contribution >= 0.6 is 0 Å². The maximum Gasteiger partial charge on any atom is 0.421 e. The van der Waals surface area contributed by atoms with E-state index in [1.54, 1.807) is 0 Å². The Labute approximate surface area is 191 Å². The Hall–Kier alpha value is -2.85. The van der Waals surface area contributed by atoms with E-state index < -0.39 is 17.2 Å². The van der Waals surface area contributed by atoms with E-state index in [4.69, 9.17) is 0 Å². The minimum atomic E-state index is -4.81. The number of carbonyl (C=O) groups is 1. The van der Waals surface area contributed by atoms with Crippen molar-refractivity contribution in [3.8, 4) is 6.07 Å². The van der Waals surface area contributed by atoms with E-state index in [1.165, 1.54) is 24.3 Å². The van der Waals surface area contributed by atoms with Gasteiger partial charge in [0, 0.05) is 17.6 Å². The number of aliphatic hydroxyl groups is 1. The van der Waals surface area contributed by atoms with Crippen LogP contribution in [0.4, 0.5) is 13.2 Å². The highest BCUT2D eigenvalue weighted by Gasteiger charge is 2.51. The lowest BCUT2D eigenvalue weighted by atomic mass is 9.69. The van der Waals surface area contributed by atoms with E-state index in [-0.39, 0.29) is 23.6 Å². The molecule has 2 fully saturated rings. The summed E-state index contributed by atoms with van der Waals surface area (Å²) < 4.78 is 39.4. The molecule has 2 aromatic carbocycles. The molecule has 2 aliphatic rings. The summed E-state index contributed by atoms with van der Waals surface area (Å²) in [6.45, 7) is 0.705. The van der Waals surface area contributed by atoms with Crippen LogP contribution in [-0.4, -0.2) is 34.2 Å². The number of amides is 1. The highest BCUT2D eigenvalue weighted by Crippen LogP contribution is 2.43. The minimum Gasteiger partial charge on any atom is -0.376 e. The van der Waals surface area contributed by atoms with E-state index in [9.17, 15) is 28.3 Å². The quantitative estimate of drug-likeness (QED) is 0.649. The van der Waals surface area contributed by atoms with Gasteiger partial charge in [0.1, 0.15) is 0 Å². The summed E-state index contributed by atoms with van der Waals surface area (Å²) in [6.07, 6.45) is -0.287. The molecule has 0 bridgehead atoms. The molecule has 0 heterocycles. The molecule has 174 valence electrons. The molecule has 33 heavy (non-hydrogen) atoms. The molecule has 2 saturated carbocycles. The zero-order valence-corrected chi connectivity index (χ0v) is 18.5. The third-order valence-corrected chi connectivity index (χ3v) is 7.16. The first-order valence-electron chi connectivity index (χ1n) is 11.3. The number of hydrogen-bond donors (Lipinski definition) is 1. The van der Waals surface area contributed by atoms with Crippen molar-refractivity contribution >= 4 is 5.91 Å². The van der Waals surface area contributed by atoms with Crippen LogP contribution in [0.2, 0.25) is 0 Å². The third kappa shape index (κ3) is 4.37. The van der Waals surface area contributed by atoms with Gasteiger partial charge >= 0.3 is 6.18 Å². The highest BCUT2D eigenvalue weighted by atomic mass is 19.4. The van der Waals surface area contributed by atoms with Gasteiger partial charge < -0.3 is 10.0 Å². The maximum atomic E-state index is 13.4. The zero-order valence-electron chi connectivity index (χ0n) is 18.5. The summed E-state index contributed by atoms with van der Waals surface area (Å²) in [5, 5.41) is 19.8. The van der Waals surface area contributed by atoms with Gasteiger partial charge in [0.2, 0.25) is 0 Å². The van der Waals surface area contributed by atoms with Crippen molar-refractivity contribution in [2.24, 2.45) is 0 Å². The van der Waals surface area contributed by atoms with Crippen LogP contribution in [0.15, 0.2) is 54.6 Å². The van der Waals surface area contributed by atoms with Gasteiger partial charge in [-0.15, -0.1) is 0 Å². The lowest BCUT2D eigenvalue weighted by Gasteiger charge is -2.41. The normalized spacial score (nSPS) is 25.0. The van der Waals surface area contributed by atoms with Gasteiger partial charge in [-0.25, -0.2) is 0 Å². The molecule has 0 radical (unpaired) electrons. The van der Waals surface area contributed by atoms with Crippen LogP contribution in [-0.2, 0) is 11.0 Å². The van der Waals surface area contributed by atoms with Crippen molar-refractivity contribution in [3.63, 3.8) is 0 Å². The fourth-order valence-corrected chi connectivity index (χ4v) is 4.83. The summed E-state index contributed by atoms with van der Waals surface area (Å²) in [6, 6.07) is 17.4. The van der Waals surface area contributed by atoms with Gasteiger partial charge in [0.05, 0.1) is 11.5 Å². The minimum absolute atomic E-state index is 0.00635. The van der Waals surface area contributed by atoms with Crippen LogP contribution in [0.25, 0.3) is 0 Å². The van der Waals surface area contributed by atoms with Crippen molar-refractivity contribution in [2.75, 3.05) is 0 Å². The van der Waals surface area contributed by atoms with Crippen LogP contribution in [0, 0.1) is 11.3 Å². The molecule has 4 nitrogen and oxygen atoms in total. The largest absolute Gasteiger partial charge is 0.421 e. The van der Waals surface area contributed by atoms with E-state index in [0.717, 1.165) is 18.4 Å². The Morgan fingerprint density at radius 3 is 2.03 bits per heavy atom. The molecule has 1 N–H and O–H groups in total. The fraction of sp³-hybridized carbons (Fsp3) is 0.462. The number of alkyl halides is 3. The van der Waals surface area contributed by atoms with E-state index >= 15 is 0 Å². The number of carbonyl (C=O) groups excluding carboxylic acids is 1. The number of nitrogens with zero attached hydrogens (tertiary/aromatic N) is 2. The van der Waals surface area contributed by atoms with Crippen LogP contribution in [0.5, 0.6) is 0 Å². The van der Waals surface area contributed by atoms with Crippen molar-refractivity contribution in [3.05, 3.63) is 71.3 Å². The molecule has 0 unspecified atom stereocenters. The lowest BCUT2D eigenvalue weighted by Crippen LogP contribution is -2.46. The van der Waals surface area contributed by atoms with Crippen LogP contribution in [0.3, 0.4) is 0 Å². The van der Waals surface area contributed by atoms with Gasteiger partial charge in [0.25, 0.3) is 5.91 Å². The monoisotopic (exact) mass is 456 g/mol. The molecule has 2 aromatic rings. The second-order valence-corrected chi connectivity index (χ2v) is 9.38. The van der Waals surface area contributed by atoms with Crippen LogP contribution < -0.4 is 0 Å². The first kappa shape index (κ1) is 23.3. The molecule has 2 aliphatic carbocycles. The summed E-state index contributed by atoms with van der Waals surface area (Å²) in [7, 11) is 0. The summed E-state index contributed by atoms with van der Waals surface area (Å²) in [5.41, 5.74) is -2.53. The number of hydrogen-bond acceptors (Lipinski definition) is 3. The van der Waals surface area contributed by atoms with Gasteiger partial charge in [-0.1, -0.05) is 42.5 Å². The van der Waals surface area contributed by atoms with Crippen molar-refractivity contribution in [1.29, 1.82) is 5.26 Å².